The molecule has 1 aromatic heterocycles. The van der Waals surface area contributed by atoms with Gasteiger partial charge >= 0.3 is 5.97 Å². The van der Waals surface area contributed by atoms with E-state index in [9.17, 15) is 9.59 Å². The van der Waals surface area contributed by atoms with Gasteiger partial charge in [-0.1, -0.05) is 42.3 Å². The van der Waals surface area contributed by atoms with Crippen LogP contribution in [0.2, 0.25) is 0 Å². The van der Waals surface area contributed by atoms with Crippen LogP contribution in [0.25, 0.3) is 0 Å². The second-order valence-electron chi connectivity index (χ2n) is 10.2. The van der Waals surface area contributed by atoms with Crippen LogP contribution >= 0.6 is 11.3 Å². The number of amides is 1. The molecule has 0 saturated heterocycles. The number of thiophene rings is 1. The maximum atomic E-state index is 12.5. The van der Waals surface area contributed by atoms with Gasteiger partial charge in [-0.3, -0.25) is 14.5 Å². The number of ether oxygens (including phenoxy) is 2. The molecule has 7 heteroatoms. The third-order valence-electron chi connectivity index (χ3n) is 7.08. The van der Waals surface area contributed by atoms with Gasteiger partial charge in [0.15, 0.2) is 0 Å². The summed E-state index contributed by atoms with van der Waals surface area (Å²) in [5, 5.41) is 3.11. The zero-order valence-corrected chi connectivity index (χ0v) is 23.3. The van der Waals surface area contributed by atoms with Gasteiger partial charge in [-0.25, -0.2) is 0 Å². The molecule has 1 aliphatic carbocycles. The van der Waals surface area contributed by atoms with E-state index in [4.69, 9.17) is 9.47 Å². The van der Waals surface area contributed by atoms with Crippen molar-refractivity contribution < 1.29 is 19.1 Å². The molecule has 1 fully saturated rings. The highest BCUT2D eigenvalue weighted by Crippen LogP contribution is 2.30. The fourth-order valence-electron chi connectivity index (χ4n) is 4.84. The molecule has 1 aliphatic heterocycles. The number of fused-ring (bicyclic) bond motifs is 1. The first-order valence-corrected chi connectivity index (χ1v) is 14.3. The largest absolute Gasteiger partial charge is 0.489 e. The lowest BCUT2D eigenvalue weighted by molar-refractivity contribution is -0.140. The summed E-state index contributed by atoms with van der Waals surface area (Å²) < 4.78 is 10.9. The molecule has 1 N–H and O–H groups in total. The molecule has 3 aromatic rings. The molecule has 0 bridgehead atoms. The minimum Gasteiger partial charge on any atom is -0.489 e. The number of carbonyl (C=O) groups excluding carboxylic acids is 2. The first kappa shape index (κ1) is 27.0. The van der Waals surface area contributed by atoms with E-state index in [2.05, 4.69) is 52.4 Å². The van der Waals surface area contributed by atoms with Crippen molar-refractivity contribution in [3.05, 3.63) is 86.6 Å². The molecular weight excluding hydrogens is 508 g/mol. The Labute approximate surface area is 234 Å². The Kier molecular flexibility index (Phi) is 8.65. The highest BCUT2D eigenvalue weighted by Gasteiger charge is 2.26. The molecule has 6 nitrogen and oxygen atoms in total. The molecule has 0 radical (unpaired) electrons. The zero-order valence-electron chi connectivity index (χ0n) is 22.5. The van der Waals surface area contributed by atoms with Crippen LogP contribution in [-0.4, -0.2) is 36.5 Å². The van der Waals surface area contributed by atoms with Crippen LogP contribution in [0.1, 0.15) is 68.9 Å². The topological polar surface area (TPSA) is 67.9 Å². The van der Waals surface area contributed by atoms with Gasteiger partial charge in [0.25, 0.3) is 5.91 Å². The van der Waals surface area contributed by atoms with Gasteiger partial charge in [0, 0.05) is 30.6 Å². The summed E-state index contributed by atoms with van der Waals surface area (Å²) in [5.74, 6) is 6.38. The monoisotopic (exact) mass is 542 g/mol. The Morgan fingerprint density at radius 3 is 2.67 bits per heavy atom. The summed E-state index contributed by atoms with van der Waals surface area (Å²) >= 11 is 1.65. The summed E-state index contributed by atoms with van der Waals surface area (Å²) in [6.07, 6.45) is 3.43. The number of hydrogen-bond donors (Lipinski definition) is 1. The van der Waals surface area contributed by atoms with Crippen LogP contribution in [0.5, 0.6) is 5.75 Å². The molecule has 202 valence electrons. The van der Waals surface area contributed by atoms with E-state index in [1.54, 1.807) is 18.3 Å². The minimum absolute atomic E-state index is 0.0847. The average Bonchev–Trinajstić information content (AvgIpc) is 3.66. The van der Waals surface area contributed by atoms with E-state index in [-0.39, 0.29) is 24.2 Å². The van der Waals surface area contributed by atoms with E-state index in [0.717, 1.165) is 60.7 Å². The molecule has 0 unspecified atom stereocenters. The van der Waals surface area contributed by atoms with Crippen molar-refractivity contribution in [2.75, 3.05) is 13.7 Å². The van der Waals surface area contributed by atoms with Crippen molar-refractivity contribution in [2.24, 2.45) is 0 Å². The van der Waals surface area contributed by atoms with Gasteiger partial charge in [0.2, 0.25) is 0 Å². The van der Waals surface area contributed by atoms with E-state index in [1.807, 2.05) is 24.3 Å². The second kappa shape index (κ2) is 12.5. The van der Waals surface area contributed by atoms with Crippen molar-refractivity contribution in [2.45, 2.75) is 64.3 Å². The molecule has 2 aliphatic rings. The summed E-state index contributed by atoms with van der Waals surface area (Å²) in [6, 6.07) is 18.8. The average molecular weight is 543 g/mol. The highest BCUT2D eigenvalue weighted by atomic mass is 32.1. The van der Waals surface area contributed by atoms with Gasteiger partial charge in [-0.05, 0) is 66.6 Å². The predicted molar refractivity (Wildman–Crippen MR) is 153 cm³/mol. The molecule has 2 aromatic carbocycles. The first-order chi connectivity index (χ1) is 19.0. The molecular formula is C32H34N2O4S. The summed E-state index contributed by atoms with van der Waals surface area (Å²) in [4.78, 5) is 28.8. The van der Waals surface area contributed by atoms with Crippen molar-refractivity contribution in [3.8, 4) is 17.6 Å². The number of methoxy groups -OCH3 is 1. The molecule has 0 spiro atoms. The molecule has 1 atom stereocenters. The maximum absolute atomic E-state index is 12.5. The maximum Gasteiger partial charge on any atom is 0.307 e. The third-order valence-corrected chi connectivity index (χ3v) is 8.32. The lowest BCUT2D eigenvalue weighted by Gasteiger charge is -2.26. The quantitative estimate of drug-likeness (QED) is 0.273. The zero-order chi connectivity index (χ0) is 27.2. The Morgan fingerprint density at radius 1 is 1.13 bits per heavy atom. The molecule has 2 heterocycles. The lowest BCUT2D eigenvalue weighted by Crippen LogP contribution is -2.29. The number of esters is 1. The van der Waals surface area contributed by atoms with Crippen LogP contribution in [0.15, 0.2) is 54.6 Å². The van der Waals surface area contributed by atoms with E-state index in [1.165, 1.54) is 23.1 Å². The number of benzene rings is 2. The fraction of sp³-hybridized carbons (Fsp3) is 0.375. The van der Waals surface area contributed by atoms with E-state index >= 15 is 0 Å². The van der Waals surface area contributed by atoms with Gasteiger partial charge in [0.1, 0.15) is 12.4 Å². The predicted octanol–water partition coefficient (Wildman–Crippen LogP) is 5.45. The number of nitrogens with one attached hydrogen (secondary N) is 1. The second-order valence-corrected chi connectivity index (χ2v) is 11.3. The molecule has 1 amide bonds. The Morgan fingerprint density at radius 2 is 1.92 bits per heavy atom. The first-order valence-electron chi connectivity index (χ1n) is 13.4. The number of nitrogens with zero attached hydrogens (tertiary/aromatic N) is 1. The summed E-state index contributed by atoms with van der Waals surface area (Å²) in [7, 11) is 1.39. The number of carbonyl (C=O) groups is 2. The fourth-order valence-corrected chi connectivity index (χ4v) is 5.90. The normalized spacial score (nSPS) is 15.4. The minimum atomic E-state index is -0.274. The van der Waals surface area contributed by atoms with Crippen molar-refractivity contribution in [1.29, 1.82) is 0 Å². The van der Waals surface area contributed by atoms with Crippen molar-refractivity contribution in [1.82, 2.24) is 10.2 Å². The van der Waals surface area contributed by atoms with Crippen LogP contribution in [-0.2, 0) is 35.6 Å². The Hall–Kier alpha value is -3.60. The third kappa shape index (κ3) is 7.29. The summed E-state index contributed by atoms with van der Waals surface area (Å²) in [5.41, 5.74) is 4.62. The smallest absolute Gasteiger partial charge is 0.307 e. The van der Waals surface area contributed by atoms with Crippen LogP contribution in [0, 0.1) is 11.8 Å². The van der Waals surface area contributed by atoms with E-state index < -0.39 is 0 Å². The molecule has 5 rings (SSSR count). The van der Waals surface area contributed by atoms with Crippen molar-refractivity contribution in [3.63, 3.8) is 0 Å². The van der Waals surface area contributed by atoms with Gasteiger partial charge in [-0.15, -0.1) is 17.3 Å². The Balaban J connectivity index is 1.15. The SMILES string of the molecule is CC#C[C@@H](CC(=O)OC)c1ccc(OCc2cccc(CN3CCc4sc(C(=O)NC5CC5)cc4C3)c2)cc1. The van der Waals surface area contributed by atoms with Crippen molar-refractivity contribution >= 4 is 23.2 Å². The molecule has 1 saturated carbocycles. The standard InChI is InChI=1S/C32H34N2O4S/c1-3-5-25(18-31(35)37-2)24-8-12-28(13-9-24)38-21-23-7-4-6-22(16-23)19-34-15-14-29-26(20-34)17-30(39-29)32(36)33-27-10-11-27/h4,6-9,12-13,16-17,25,27H,10-11,14-15,18-21H2,1-2H3,(H,33,36)/t25-/m0/s1. The summed E-state index contributed by atoms with van der Waals surface area (Å²) in [6.45, 7) is 4.97. The highest BCUT2D eigenvalue weighted by molar-refractivity contribution is 7.14. The van der Waals surface area contributed by atoms with Gasteiger partial charge < -0.3 is 14.8 Å². The van der Waals surface area contributed by atoms with Crippen LogP contribution in [0.4, 0.5) is 0 Å². The number of hydrogen-bond acceptors (Lipinski definition) is 6. The van der Waals surface area contributed by atoms with E-state index in [0.29, 0.717) is 12.6 Å². The van der Waals surface area contributed by atoms with Gasteiger partial charge in [0.05, 0.1) is 24.3 Å². The van der Waals surface area contributed by atoms with Crippen LogP contribution < -0.4 is 10.1 Å². The lowest BCUT2D eigenvalue weighted by atomic mass is 9.96. The number of rotatable bonds is 10. The molecule has 39 heavy (non-hydrogen) atoms. The Bertz CT molecular complexity index is 1380. The van der Waals surface area contributed by atoms with Crippen LogP contribution in [0.3, 0.4) is 0 Å². The van der Waals surface area contributed by atoms with Gasteiger partial charge in [-0.2, -0.15) is 0 Å².